The normalized spacial score (nSPS) is 10.8. The van der Waals surface area contributed by atoms with Crippen molar-refractivity contribution in [3.05, 3.63) is 53.6 Å². The summed E-state index contributed by atoms with van der Waals surface area (Å²) in [6.45, 7) is 0. The Balaban J connectivity index is 2.08. The van der Waals surface area contributed by atoms with Crippen LogP contribution >= 0.6 is 0 Å². The maximum absolute atomic E-state index is 9.54. The standard InChI is InChI=1S/C17H18O4/c1-20-16-10-12(6-8-14(16)18)4-3-5-13-7-9-15(19)17(11-13)21-2/h3-4,6-11,18-19H,5H2,1-2H3. The maximum Gasteiger partial charge on any atom is 0.161 e. The van der Waals surface area contributed by atoms with E-state index < -0.39 is 0 Å². The molecule has 0 aromatic heterocycles. The van der Waals surface area contributed by atoms with Gasteiger partial charge in [0.1, 0.15) is 0 Å². The predicted molar refractivity (Wildman–Crippen MR) is 82.1 cm³/mol. The summed E-state index contributed by atoms with van der Waals surface area (Å²) in [7, 11) is 3.04. The van der Waals surface area contributed by atoms with Crippen LogP contribution in [0.2, 0.25) is 0 Å². The fourth-order valence-corrected chi connectivity index (χ4v) is 1.98. The average Bonchev–Trinajstić information content (AvgIpc) is 2.50. The highest BCUT2D eigenvalue weighted by molar-refractivity contribution is 5.56. The first kappa shape index (κ1) is 14.8. The number of ether oxygens (including phenoxy) is 2. The maximum atomic E-state index is 9.54. The molecule has 0 heterocycles. The van der Waals surface area contributed by atoms with Gasteiger partial charge in [0.25, 0.3) is 0 Å². The summed E-state index contributed by atoms with van der Waals surface area (Å²) in [5.41, 5.74) is 1.97. The molecule has 110 valence electrons. The lowest BCUT2D eigenvalue weighted by Gasteiger charge is -2.05. The molecule has 0 saturated heterocycles. The molecular formula is C17H18O4. The molecule has 0 bridgehead atoms. The van der Waals surface area contributed by atoms with Crippen LogP contribution in [-0.2, 0) is 6.42 Å². The molecule has 0 spiro atoms. The summed E-state index contributed by atoms with van der Waals surface area (Å²) in [4.78, 5) is 0. The van der Waals surface area contributed by atoms with Crippen LogP contribution in [0.3, 0.4) is 0 Å². The molecule has 0 fully saturated rings. The number of phenolic OH excluding ortho intramolecular Hbond substituents is 2. The van der Waals surface area contributed by atoms with Crippen molar-refractivity contribution in [3.63, 3.8) is 0 Å². The fraction of sp³-hybridized carbons (Fsp3) is 0.176. The van der Waals surface area contributed by atoms with Gasteiger partial charge in [-0.3, -0.25) is 0 Å². The van der Waals surface area contributed by atoms with Crippen molar-refractivity contribution in [3.8, 4) is 23.0 Å². The van der Waals surface area contributed by atoms with Gasteiger partial charge in [0.05, 0.1) is 14.2 Å². The minimum absolute atomic E-state index is 0.123. The highest BCUT2D eigenvalue weighted by Gasteiger charge is 2.02. The molecule has 0 saturated carbocycles. The molecule has 0 aliphatic carbocycles. The predicted octanol–water partition coefficient (Wildman–Crippen LogP) is 3.37. The van der Waals surface area contributed by atoms with Crippen molar-refractivity contribution in [2.75, 3.05) is 14.2 Å². The second kappa shape index (κ2) is 6.70. The fourth-order valence-electron chi connectivity index (χ4n) is 1.98. The molecule has 2 N–H and O–H groups in total. The Labute approximate surface area is 123 Å². The Kier molecular flexibility index (Phi) is 4.72. The van der Waals surface area contributed by atoms with Crippen LogP contribution in [0.1, 0.15) is 11.1 Å². The van der Waals surface area contributed by atoms with Gasteiger partial charge < -0.3 is 19.7 Å². The Morgan fingerprint density at radius 3 is 2.19 bits per heavy atom. The van der Waals surface area contributed by atoms with Crippen LogP contribution in [-0.4, -0.2) is 24.4 Å². The Hall–Kier alpha value is -2.62. The van der Waals surface area contributed by atoms with Gasteiger partial charge >= 0.3 is 0 Å². The number of phenols is 2. The zero-order valence-corrected chi connectivity index (χ0v) is 12.0. The first-order valence-electron chi connectivity index (χ1n) is 6.53. The molecule has 4 heteroatoms. The molecule has 0 amide bonds. The molecule has 21 heavy (non-hydrogen) atoms. The molecular weight excluding hydrogens is 268 g/mol. The van der Waals surface area contributed by atoms with E-state index >= 15 is 0 Å². The van der Waals surface area contributed by atoms with E-state index in [0.29, 0.717) is 17.9 Å². The van der Waals surface area contributed by atoms with Gasteiger partial charge in [-0.05, 0) is 41.8 Å². The van der Waals surface area contributed by atoms with Crippen LogP contribution in [0.4, 0.5) is 0 Å². The lowest BCUT2D eigenvalue weighted by Crippen LogP contribution is -1.87. The molecule has 2 aromatic rings. The molecule has 0 atom stereocenters. The third-order valence-corrected chi connectivity index (χ3v) is 3.11. The van der Waals surface area contributed by atoms with Gasteiger partial charge in [-0.25, -0.2) is 0 Å². The first-order valence-corrected chi connectivity index (χ1v) is 6.53. The lowest BCUT2D eigenvalue weighted by atomic mass is 10.1. The molecule has 2 rings (SSSR count). The van der Waals surface area contributed by atoms with Crippen LogP contribution in [0.15, 0.2) is 42.5 Å². The summed E-state index contributed by atoms with van der Waals surface area (Å²) in [5, 5.41) is 19.1. The molecule has 4 nitrogen and oxygen atoms in total. The van der Waals surface area contributed by atoms with E-state index in [0.717, 1.165) is 11.1 Å². The number of benzene rings is 2. The van der Waals surface area contributed by atoms with Gasteiger partial charge in [-0.15, -0.1) is 0 Å². The second-order valence-electron chi connectivity index (χ2n) is 4.54. The number of methoxy groups -OCH3 is 2. The van der Waals surface area contributed by atoms with Crippen LogP contribution in [0.5, 0.6) is 23.0 Å². The third kappa shape index (κ3) is 3.69. The van der Waals surface area contributed by atoms with Crippen molar-refractivity contribution >= 4 is 6.08 Å². The van der Waals surface area contributed by atoms with Crippen LogP contribution in [0.25, 0.3) is 6.08 Å². The van der Waals surface area contributed by atoms with E-state index in [9.17, 15) is 10.2 Å². The first-order chi connectivity index (χ1) is 10.1. The topological polar surface area (TPSA) is 58.9 Å². The van der Waals surface area contributed by atoms with Gasteiger partial charge in [-0.1, -0.05) is 24.3 Å². The summed E-state index contributed by atoms with van der Waals surface area (Å²) >= 11 is 0. The van der Waals surface area contributed by atoms with Gasteiger partial charge in [0.15, 0.2) is 23.0 Å². The average molecular weight is 286 g/mol. The van der Waals surface area contributed by atoms with E-state index in [4.69, 9.17) is 9.47 Å². The second-order valence-corrected chi connectivity index (χ2v) is 4.54. The van der Waals surface area contributed by atoms with E-state index in [1.54, 1.807) is 24.3 Å². The van der Waals surface area contributed by atoms with Crippen molar-refractivity contribution < 1.29 is 19.7 Å². The highest BCUT2D eigenvalue weighted by Crippen LogP contribution is 2.28. The number of hydrogen-bond acceptors (Lipinski definition) is 4. The minimum atomic E-state index is 0.123. The van der Waals surface area contributed by atoms with E-state index in [2.05, 4.69) is 0 Å². The third-order valence-electron chi connectivity index (χ3n) is 3.11. The van der Waals surface area contributed by atoms with Gasteiger partial charge in [0.2, 0.25) is 0 Å². The monoisotopic (exact) mass is 286 g/mol. The van der Waals surface area contributed by atoms with E-state index in [-0.39, 0.29) is 11.5 Å². The van der Waals surface area contributed by atoms with Crippen LogP contribution in [0, 0.1) is 0 Å². The smallest absolute Gasteiger partial charge is 0.161 e. The quantitative estimate of drug-likeness (QED) is 0.884. The van der Waals surface area contributed by atoms with Crippen molar-refractivity contribution in [2.24, 2.45) is 0 Å². The van der Waals surface area contributed by atoms with Crippen molar-refractivity contribution in [2.45, 2.75) is 6.42 Å². The number of aromatic hydroxyl groups is 2. The summed E-state index contributed by atoms with van der Waals surface area (Å²) in [6, 6.07) is 10.4. The molecule has 2 aromatic carbocycles. The Bertz CT molecular complexity index is 647. The summed E-state index contributed by atoms with van der Waals surface area (Å²) in [5.74, 6) is 1.17. The molecule has 0 aliphatic rings. The van der Waals surface area contributed by atoms with Crippen LogP contribution < -0.4 is 9.47 Å². The van der Waals surface area contributed by atoms with Gasteiger partial charge in [0, 0.05) is 0 Å². The Morgan fingerprint density at radius 2 is 1.52 bits per heavy atom. The zero-order chi connectivity index (χ0) is 15.2. The number of allylic oxidation sites excluding steroid dienone is 1. The number of hydrogen-bond donors (Lipinski definition) is 2. The van der Waals surface area contributed by atoms with Gasteiger partial charge in [-0.2, -0.15) is 0 Å². The lowest BCUT2D eigenvalue weighted by molar-refractivity contribution is 0.373. The van der Waals surface area contributed by atoms with E-state index in [1.807, 2.05) is 24.3 Å². The zero-order valence-electron chi connectivity index (χ0n) is 12.0. The largest absolute Gasteiger partial charge is 0.504 e. The van der Waals surface area contributed by atoms with Crippen molar-refractivity contribution in [1.82, 2.24) is 0 Å². The molecule has 0 unspecified atom stereocenters. The summed E-state index contributed by atoms with van der Waals surface area (Å²) < 4.78 is 10.1. The highest BCUT2D eigenvalue weighted by atomic mass is 16.5. The Morgan fingerprint density at radius 1 is 0.905 bits per heavy atom. The molecule has 0 radical (unpaired) electrons. The number of rotatable bonds is 5. The SMILES string of the molecule is COc1cc(C=CCc2ccc(O)c(OC)c2)ccc1O. The minimum Gasteiger partial charge on any atom is -0.504 e. The van der Waals surface area contributed by atoms with E-state index in [1.165, 1.54) is 14.2 Å². The molecule has 0 aliphatic heterocycles. The summed E-state index contributed by atoms with van der Waals surface area (Å²) in [6.07, 6.45) is 4.65. The van der Waals surface area contributed by atoms with Crippen molar-refractivity contribution in [1.29, 1.82) is 0 Å².